The van der Waals surface area contributed by atoms with Gasteiger partial charge < -0.3 is 25.0 Å². The Bertz CT molecular complexity index is 696. The van der Waals surface area contributed by atoms with Crippen molar-refractivity contribution in [3.63, 3.8) is 0 Å². The van der Waals surface area contributed by atoms with Crippen LogP contribution in [0.25, 0.3) is 0 Å². The summed E-state index contributed by atoms with van der Waals surface area (Å²) in [7, 11) is 1.36. The third-order valence-electron chi connectivity index (χ3n) is 4.42. The number of likely N-dealkylation sites (tertiary alicyclic amines) is 1. The fourth-order valence-corrected chi connectivity index (χ4v) is 2.99. The zero-order valence-corrected chi connectivity index (χ0v) is 19.3. The Morgan fingerprint density at radius 1 is 1.27 bits per heavy atom. The fraction of sp³-hybridized carbons (Fsp3) is 0.579. The number of para-hydroxylation sites is 1. The van der Waals surface area contributed by atoms with Gasteiger partial charge in [-0.1, -0.05) is 12.1 Å². The molecule has 0 aliphatic carbocycles. The quantitative estimate of drug-likeness (QED) is 0.248. The topological polar surface area (TPSA) is 75.2 Å². The van der Waals surface area contributed by atoms with Gasteiger partial charge in [0, 0.05) is 25.7 Å². The van der Waals surface area contributed by atoms with Crippen molar-refractivity contribution in [1.82, 2.24) is 15.5 Å². The molecule has 11 heteroatoms. The number of hydrogen-bond donors (Lipinski definition) is 2. The maximum atomic E-state index is 13.0. The number of rotatable bonds is 6. The number of hydrogen-bond acceptors (Lipinski definition) is 4. The Hall–Kier alpha value is -1.92. The van der Waals surface area contributed by atoms with Gasteiger partial charge in [0.1, 0.15) is 12.4 Å². The lowest BCUT2D eigenvalue weighted by atomic mass is 10.1. The molecule has 0 unspecified atom stereocenters. The summed E-state index contributed by atoms with van der Waals surface area (Å²) in [5, 5.41) is 6.40. The second-order valence-electron chi connectivity index (χ2n) is 6.48. The lowest BCUT2D eigenvalue weighted by Gasteiger charge is -2.32. The molecule has 0 spiro atoms. The first-order valence-electron chi connectivity index (χ1n) is 9.52. The molecule has 1 heterocycles. The molecule has 7 nitrogen and oxygen atoms in total. The van der Waals surface area contributed by atoms with Gasteiger partial charge in [0.05, 0.1) is 19.2 Å². The number of amides is 1. The smallest absolute Gasteiger partial charge is 0.419 e. The predicted molar refractivity (Wildman–Crippen MR) is 118 cm³/mol. The Labute approximate surface area is 191 Å². The van der Waals surface area contributed by atoms with Gasteiger partial charge in [0.2, 0.25) is 0 Å². The third kappa shape index (κ3) is 8.07. The van der Waals surface area contributed by atoms with E-state index in [0.29, 0.717) is 25.6 Å². The SMILES string of the molecule is CCNC(=NCCOc1ccccc1C(F)(F)F)NC1CCN(C(=O)OC)CC1.I. The molecule has 1 amide bonds. The summed E-state index contributed by atoms with van der Waals surface area (Å²) < 4.78 is 49.0. The molecule has 0 radical (unpaired) electrons. The van der Waals surface area contributed by atoms with E-state index in [4.69, 9.17) is 9.47 Å². The number of methoxy groups -OCH3 is 1. The molecule has 1 aliphatic rings. The van der Waals surface area contributed by atoms with E-state index in [0.717, 1.165) is 18.9 Å². The molecule has 1 aliphatic heterocycles. The van der Waals surface area contributed by atoms with Gasteiger partial charge in [-0.2, -0.15) is 13.2 Å². The Morgan fingerprint density at radius 3 is 2.53 bits per heavy atom. The summed E-state index contributed by atoms with van der Waals surface area (Å²) in [5.41, 5.74) is -0.800. The maximum absolute atomic E-state index is 13.0. The van der Waals surface area contributed by atoms with Gasteiger partial charge in [-0.25, -0.2) is 9.79 Å². The number of nitrogens with one attached hydrogen (secondary N) is 2. The summed E-state index contributed by atoms with van der Waals surface area (Å²) in [6, 6.07) is 5.25. The van der Waals surface area contributed by atoms with Crippen molar-refractivity contribution >= 4 is 36.0 Å². The molecule has 30 heavy (non-hydrogen) atoms. The summed E-state index contributed by atoms with van der Waals surface area (Å²) in [6.45, 7) is 3.95. The van der Waals surface area contributed by atoms with Crippen LogP contribution in [0.3, 0.4) is 0 Å². The summed E-state index contributed by atoms with van der Waals surface area (Å²) >= 11 is 0. The first-order valence-corrected chi connectivity index (χ1v) is 9.52. The van der Waals surface area contributed by atoms with Crippen LogP contribution in [-0.2, 0) is 10.9 Å². The second-order valence-corrected chi connectivity index (χ2v) is 6.48. The van der Waals surface area contributed by atoms with Crippen LogP contribution < -0.4 is 15.4 Å². The van der Waals surface area contributed by atoms with Crippen LogP contribution in [0, 0.1) is 0 Å². The first-order chi connectivity index (χ1) is 13.8. The number of benzene rings is 1. The van der Waals surface area contributed by atoms with Gasteiger partial charge in [-0.05, 0) is 31.9 Å². The Balaban J connectivity index is 0.00000450. The highest BCUT2D eigenvalue weighted by atomic mass is 127. The normalized spacial score (nSPS) is 15.2. The maximum Gasteiger partial charge on any atom is 0.419 e. The predicted octanol–water partition coefficient (Wildman–Crippen LogP) is 3.49. The molecule has 170 valence electrons. The van der Waals surface area contributed by atoms with E-state index in [9.17, 15) is 18.0 Å². The van der Waals surface area contributed by atoms with Crippen molar-refractivity contribution in [3.8, 4) is 5.75 Å². The van der Waals surface area contributed by atoms with Crippen LogP contribution in [0.2, 0.25) is 0 Å². The minimum absolute atomic E-state index is 0. The molecular formula is C19H28F3IN4O3. The molecular weight excluding hydrogens is 516 g/mol. The summed E-state index contributed by atoms with van der Waals surface area (Å²) in [6.07, 6.45) is -3.31. The average molecular weight is 544 g/mol. The minimum Gasteiger partial charge on any atom is -0.491 e. The number of guanidine groups is 1. The molecule has 0 atom stereocenters. The number of carbonyl (C=O) groups excluding carboxylic acids is 1. The number of carbonyl (C=O) groups is 1. The van der Waals surface area contributed by atoms with E-state index in [1.165, 1.54) is 25.3 Å². The van der Waals surface area contributed by atoms with E-state index < -0.39 is 11.7 Å². The molecule has 1 aromatic carbocycles. The van der Waals surface area contributed by atoms with Gasteiger partial charge in [-0.15, -0.1) is 24.0 Å². The van der Waals surface area contributed by atoms with Crippen LogP contribution in [0.1, 0.15) is 25.3 Å². The van der Waals surface area contributed by atoms with Crippen molar-refractivity contribution in [3.05, 3.63) is 29.8 Å². The zero-order valence-electron chi connectivity index (χ0n) is 17.0. The van der Waals surface area contributed by atoms with Crippen LogP contribution in [0.15, 0.2) is 29.3 Å². The molecule has 1 aromatic rings. The Morgan fingerprint density at radius 2 is 1.93 bits per heavy atom. The Kier molecular flexibility index (Phi) is 11.1. The van der Waals surface area contributed by atoms with Crippen LogP contribution in [-0.4, -0.2) is 62.9 Å². The van der Waals surface area contributed by atoms with Crippen molar-refractivity contribution in [1.29, 1.82) is 0 Å². The lowest BCUT2D eigenvalue weighted by Crippen LogP contribution is -2.49. The molecule has 0 bridgehead atoms. The number of ether oxygens (including phenoxy) is 2. The molecule has 2 rings (SSSR count). The second kappa shape index (κ2) is 12.7. The average Bonchev–Trinajstić information content (AvgIpc) is 2.71. The monoisotopic (exact) mass is 544 g/mol. The molecule has 1 fully saturated rings. The highest BCUT2D eigenvalue weighted by Gasteiger charge is 2.34. The van der Waals surface area contributed by atoms with Crippen LogP contribution >= 0.6 is 24.0 Å². The highest BCUT2D eigenvalue weighted by Crippen LogP contribution is 2.35. The van der Waals surface area contributed by atoms with Crippen LogP contribution in [0.4, 0.5) is 18.0 Å². The summed E-state index contributed by atoms with van der Waals surface area (Å²) in [4.78, 5) is 17.6. The first kappa shape index (κ1) is 26.1. The van der Waals surface area contributed by atoms with Gasteiger partial charge in [-0.3, -0.25) is 0 Å². The van der Waals surface area contributed by atoms with Crippen LogP contribution in [0.5, 0.6) is 5.75 Å². The van der Waals surface area contributed by atoms with Crippen molar-refractivity contribution in [2.45, 2.75) is 32.0 Å². The molecule has 2 N–H and O–H groups in total. The lowest BCUT2D eigenvalue weighted by molar-refractivity contribution is -0.138. The summed E-state index contributed by atoms with van der Waals surface area (Å²) in [5.74, 6) is 0.361. The number of piperidine rings is 1. The number of nitrogens with zero attached hydrogens (tertiary/aromatic N) is 2. The van der Waals surface area contributed by atoms with Gasteiger partial charge in [0.25, 0.3) is 0 Å². The van der Waals surface area contributed by atoms with Crippen molar-refractivity contribution < 1.29 is 27.4 Å². The van der Waals surface area contributed by atoms with E-state index in [2.05, 4.69) is 15.6 Å². The number of alkyl halides is 3. The third-order valence-corrected chi connectivity index (χ3v) is 4.42. The number of halogens is 4. The van der Waals surface area contributed by atoms with E-state index in [1.54, 1.807) is 4.90 Å². The standard InChI is InChI=1S/C19H27F3N4O3.HI/c1-3-23-17(25-14-8-11-26(12-9-14)18(27)28-2)24-10-13-29-16-7-5-4-6-15(16)19(20,21)22;/h4-7,14H,3,8-13H2,1-2H3,(H2,23,24,25);1H. The van der Waals surface area contributed by atoms with E-state index >= 15 is 0 Å². The van der Waals surface area contributed by atoms with E-state index in [-0.39, 0.29) is 55.0 Å². The molecule has 0 saturated carbocycles. The highest BCUT2D eigenvalue weighted by molar-refractivity contribution is 14.0. The van der Waals surface area contributed by atoms with Crippen molar-refractivity contribution in [2.75, 3.05) is 39.9 Å². The van der Waals surface area contributed by atoms with Gasteiger partial charge in [0.15, 0.2) is 5.96 Å². The fourth-order valence-electron chi connectivity index (χ4n) is 2.99. The van der Waals surface area contributed by atoms with E-state index in [1.807, 2.05) is 6.92 Å². The van der Waals surface area contributed by atoms with Gasteiger partial charge >= 0.3 is 12.3 Å². The minimum atomic E-state index is -4.46. The zero-order chi connectivity index (χ0) is 21.3. The molecule has 1 saturated heterocycles. The molecule has 0 aromatic heterocycles. The van der Waals surface area contributed by atoms with Crippen molar-refractivity contribution in [2.24, 2.45) is 4.99 Å². The number of aliphatic imine (C=N–C) groups is 1. The largest absolute Gasteiger partial charge is 0.491 e.